The van der Waals surface area contributed by atoms with Crippen LogP contribution < -0.4 is 14.8 Å². The van der Waals surface area contributed by atoms with Crippen molar-refractivity contribution in [1.29, 1.82) is 0 Å². The Balaban J connectivity index is 2.13. The molecule has 1 saturated heterocycles. The maximum absolute atomic E-state index is 11.6. The van der Waals surface area contributed by atoms with E-state index in [-0.39, 0.29) is 11.6 Å². The third kappa shape index (κ3) is 5.42. The molecule has 0 aliphatic carbocycles. The Morgan fingerprint density at radius 1 is 1.46 bits per heavy atom. The Bertz CT molecular complexity index is 811. The number of amides is 1. The molecule has 0 spiro atoms. The first kappa shape index (κ1) is 20.2. The second kappa shape index (κ2) is 8.98. The highest BCUT2D eigenvalue weighted by molar-refractivity contribution is 14.1. The number of carbonyl (C=O) groups is 3. The first-order valence-corrected chi connectivity index (χ1v) is 9.12. The maximum atomic E-state index is 11.6. The molecule has 1 aromatic rings. The topological polar surface area (TPSA) is 127 Å². The van der Waals surface area contributed by atoms with E-state index >= 15 is 0 Å². The van der Waals surface area contributed by atoms with Crippen molar-refractivity contribution in [3.8, 4) is 11.5 Å². The van der Waals surface area contributed by atoms with E-state index in [0.717, 1.165) is 11.8 Å². The Morgan fingerprint density at radius 2 is 2.19 bits per heavy atom. The van der Waals surface area contributed by atoms with Gasteiger partial charge in [0.1, 0.15) is 5.25 Å². The van der Waals surface area contributed by atoms with Gasteiger partial charge in [0.25, 0.3) is 0 Å². The summed E-state index contributed by atoms with van der Waals surface area (Å²) in [5.41, 5.74) is 0.642. The SMILES string of the molecule is COc1cc(C=NN=C2NC(=O)C(CC(=O)O)S2)cc(I)c1OC(C)=O. The second-order valence-electron chi connectivity index (χ2n) is 4.97. The summed E-state index contributed by atoms with van der Waals surface area (Å²) in [4.78, 5) is 33.5. The second-order valence-corrected chi connectivity index (χ2v) is 7.32. The van der Waals surface area contributed by atoms with Crippen molar-refractivity contribution in [2.45, 2.75) is 18.6 Å². The van der Waals surface area contributed by atoms with Crippen molar-refractivity contribution in [3.05, 3.63) is 21.3 Å². The van der Waals surface area contributed by atoms with Gasteiger partial charge in [0.2, 0.25) is 5.91 Å². The molecule has 1 aromatic carbocycles. The number of benzene rings is 1. The predicted octanol–water partition coefficient (Wildman–Crippen LogP) is 1.62. The number of nitrogens with one attached hydrogen (secondary N) is 1. The number of halogens is 1. The lowest BCUT2D eigenvalue weighted by molar-refractivity contribution is -0.138. The van der Waals surface area contributed by atoms with Crippen molar-refractivity contribution < 1.29 is 29.0 Å². The molecule has 1 unspecified atom stereocenters. The molecule has 1 fully saturated rings. The van der Waals surface area contributed by atoms with Crippen LogP contribution in [0.15, 0.2) is 22.3 Å². The molecule has 0 saturated carbocycles. The Kier molecular flexibility index (Phi) is 6.97. The van der Waals surface area contributed by atoms with Gasteiger partial charge in [-0.1, -0.05) is 11.8 Å². The van der Waals surface area contributed by atoms with Crippen LogP contribution in [0.3, 0.4) is 0 Å². The van der Waals surface area contributed by atoms with Crippen LogP contribution in [0.5, 0.6) is 11.5 Å². The van der Waals surface area contributed by atoms with Gasteiger partial charge in [-0.05, 0) is 40.3 Å². The van der Waals surface area contributed by atoms with Crippen molar-refractivity contribution in [1.82, 2.24) is 5.32 Å². The third-order valence-corrected chi connectivity index (χ3v) is 4.86. The number of methoxy groups -OCH3 is 1. The number of carboxylic acids is 1. The summed E-state index contributed by atoms with van der Waals surface area (Å²) in [7, 11) is 1.45. The van der Waals surface area contributed by atoms with Gasteiger partial charge in [0.15, 0.2) is 16.7 Å². The minimum Gasteiger partial charge on any atom is -0.493 e. The number of rotatable bonds is 6. The van der Waals surface area contributed by atoms with E-state index in [0.29, 0.717) is 20.6 Å². The molecular formula is C15H14IN3O6S. The van der Waals surface area contributed by atoms with Gasteiger partial charge in [-0.15, -0.1) is 5.10 Å². The Labute approximate surface area is 166 Å². The lowest BCUT2D eigenvalue weighted by atomic mass is 10.2. The normalized spacial score (nSPS) is 18.2. The van der Waals surface area contributed by atoms with Gasteiger partial charge in [0, 0.05) is 6.92 Å². The number of thioether (sulfide) groups is 1. The summed E-state index contributed by atoms with van der Waals surface area (Å²) < 4.78 is 11.0. The third-order valence-electron chi connectivity index (χ3n) is 2.99. The van der Waals surface area contributed by atoms with Gasteiger partial charge >= 0.3 is 11.9 Å². The van der Waals surface area contributed by atoms with Gasteiger partial charge in [0.05, 0.1) is 23.3 Å². The zero-order chi connectivity index (χ0) is 19.3. The van der Waals surface area contributed by atoms with Gasteiger partial charge in [-0.3, -0.25) is 14.4 Å². The number of ether oxygens (including phenoxy) is 2. The molecule has 0 radical (unpaired) electrons. The summed E-state index contributed by atoms with van der Waals surface area (Å²) in [6, 6.07) is 3.34. The molecule has 11 heteroatoms. The number of carbonyl (C=O) groups excluding carboxylic acids is 2. The highest BCUT2D eigenvalue weighted by atomic mass is 127. The average Bonchev–Trinajstić information content (AvgIpc) is 2.88. The van der Waals surface area contributed by atoms with E-state index in [9.17, 15) is 14.4 Å². The van der Waals surface area contributed by atoms with Crippen molar-refractivity contribution in [3.63, 3.8) is 0 Å². The van der Waals surface area contributed by atoms with Gasteiger partial charge in [-0.2, -0.15) is 5.10 Å². The molecule has 0 bridgehead atoms. The largest absolute Gasteiger partial charge is 0.493 e. The first-order chi connectivity index (χ1) is 12.3. The molecule has 138 valence electrons. The van der Waals surface area contributed by atoms with Crippen molar-refractivity contribution >= 4 is 63.6 Å². The van der Waals surface area contributed by atoms with Crippen molar-refractivity contribution in [2.75, 3.05) is 7.11 Å². The molecule has 2 N–H and O–H groups in total. The Hall–Kier alpha value is -2.15. The molecular weight excluding hydrogens is 477 g/mol. The number of nitrogens with zero attached hydrogens (tertiary/aromatic N) is 2. The van der Waals surface area contributed by atoms with Crippen molar-refractivity contribution in [2.24, 2.45) is 10.2 Å². The number of carboxylic acid groups (broad SMARTS) is 1. The fourth-order valence-corrected chi connectivity index (χ4v) is 3.60. The molecule has 2 rings (SSSR count). The lowest BCUT2D eigenvalue weighted by Gasteiger charge is -2.10. The van der Waals surface area contributed by atoms with Crippen LogP contribution >= 0.6 is 34.4 Å². The smallest absolute Gasteiger partial charge is 0.308 e. The van der Waals surface area contributed by atoms with E-state index in [1.807, 2.05) is 22.6 Å². The fourth-order valence-electron chi connectivity index (χ4n) is 1.95. The van der Waals surface area contributed by atoms with Crippen LogP contribution in [0.4, 0.5) is 0 Å². The summed E-state index contributed by atoms with van der Waals surface area (Å²) in [6.45, 7) is 1.30. The summed E-state index contributed by atoms with van der Waals surface area (Å²) in [5.74, 6) is -1.24. The zero-order valence-corrected chi connectivity index (χ0v) is 16.7. The predicted molar refractivity (Wildman–Crippen MR) is 104 cm³/mol. The summed E-state index contributed by atoms with van der Waals surface area (Å²) in [6.07, 6.45) is 1.15. The highest BCUT2D eigenvalue weighted by Crippen LogP contribution is 2.33. The molecule has 0 aromatic heterocycles. The van der Waals surface area contributed by atoms with Crippen LogP contribution in [0.25, 0.3) is 0 Å². The monoisotopic (exact) mass is 491 g/mol. The molecule has 1 aliphatic rings. The number of amidine groups is 1. The quantitative estimate of drug-likeness (QED) is 0.204. The number of hydrogen-bond acceptors (Lipinski definition) is 8. The van der Waals surface area contributed by atoms with E-state index in [2.05, 4.69) is 15.5 Å². The molecule has 1 amide bonds. The van der Waals surface area contributed by atoms with Crippen LogP contribution in [-0.4, -0.2) is 46.7 Å². The Morgan fingerprint density at radius 3 is 2.81 bits per heavy atom. The average molecular weight is 491 g/mol. The zero-order valence-electron chi connectivity index (χ0n) is 13.7. The minimum atomic E-state index is -1.06. The van der Waals surface area contributed by atoms with E-state index in [4.69, 9.17) is 14.6 Å². The van der Waals surface area contributed by atoms with Crippen LogP contribution in [-0.2, 0) is 14.4 Å². The minimum absolute atomic E-state index is 0.232. The first-order valence-electron chi connectivity index (χ1n) is 7.16. The van der Waals surface area contributed by atoms with Gasteiger partial charge in [-0.25, -0.2) is 0 Å². The summed E-state index contributed by atoms with van der Waals surface area (Å²) >= 11 is 3.02. The molecule has 1 aliphatic heterocycles. The molecule has 1 atom stereocenters. The number of esters is 1. The van der Waals surface area contributed by atoms with Gasteiger partial charge < -0.3 is 19.9 Å². The van der Waals surface area contributed by atoms with Crippen LogP contribution in [0.2, 0.25) is 0 Å². The molecule has 1 heterocycles. The number of aliphatic carboxylic acids is 1. The maximum Gasteiger partial charge on any atom is 0.308 e. The molecule has 9 nitrogen and oxygen atoms in total. The number of hydrogen-bond donors (Lipinski definition) is 2. The molecule has 26 heavy (non-hydrogen) atoms. The van der Waals surface area contributed by atoms with E-state index in [1.165, 1.54) is 20.2 Å². The van der Waals surface area contributed by atoms with E-state index < -0.39 is 23.1 Å². The standard InChI is InChI=1S/C15H14IN3O6S/c1-7(20)25-13-9(16)3-8(4-10(13)24-2)6-17-19-15-18-14(23)11(26-15)5-12(21)22/h3-4,6,11H,5H2,1-2H3,(H,21,22)(H,18,19,23). The summed E-state index contributed by atoms with van der Waals surface area (Å²) in [5, 5.41) is 18.5. The highest BCUT2D eigenvalue weighted by Gasteiger charge is 2.32. The van der Waals surface area contributed by atoms with E-state index in [1.54, 1.807) is 12.1 Å². The van der Waals surface area contributed by atoms with Crippen LogP contribution in [0.1, 0.15) is 18.9 Å². The van der Waals surface area contributed by atoms with Crippen LogP contribution in [0, 0.1) is 3.57 Å². The lowest BCUT2D eigenvalue weighted by Crippen LogP contribution is -2.26. The fraction of sp³-hybridized carbons (Fsp3) is 0.267.